The van der Waals surface area contributed by atoms with Crippen molar-refractivity contribution >= 4 is 21.7 Å². The first-order valence-corrected chi connectivity index (χ1v) is 9.91. The summed E-state index contributed by atoms with van der Waals surface area (Å²) < 4.78 is 42.7. The molecule has 27 heavy (non-hydrogen) atoms. The van der Waals surface area contributed by atoms with E-state index in [4.69, 9.17) is 5.26 Å². The number of rotatable bonds is 5. The Morgan fingerprint density at radius 1 is 1.41 bits per heavy atom. The van der Waals surface area contributed by atoms with Crippen molar-refractivity contribution in [3.05, 3.63) is 41.8 Å². The second-order valence-electron chi connectivity index (χ2n) is 6.06. The molecule has 8 nitrogen and oxygen atoms in total. The van der Waals surface area contributed by atoms with Crippen molar-refractivity contribution in [3.8, 4) is 6.07 Å². The molecular weight excluding hydrogens is 373 g/mol. The first-order valence-electron chi connectivity index (χ1n) is 8.42. The van der Waals surface area contributed by atoms with Crippen molar-refractivity contribution in [3.63, 3.8) is 0 Å². The molecule has 1 N–H and O–H groups in total. The molecule has 0 spiro atoms. The Bertz CT molecular complexity index is 1010. The number of halogens is 1. The van der Waals surface area contributed by atoms with Gasteiger partial charge in [0.05, 0.1) is 16.7 Å². The summed E-state index contributed by atoms with van der Waals surface area (Å²) in [6.07, 6.45) is 2.55. The average molecular weight is 391 g/mol. The molecule has 1 amide bonds. The largest absolute Gasteiger partial charge is 0.296 e. The molecular formula is C17H18FN5O3S. The number of aryl methyl sites for hydroxylation is 1. The van der Waals surface area contributed by atoms with Gasteiger partial charge in [0.2, 0.25) is 15.9 Å². The van der Waals surface area contributed by atoms with E-state index in [1.54, 1.807) is 23.0 Å². The van der Waals surface area contributed by atoms with Gasteiger partial charge in [-0.25, -0.2) is 17.5 Å². The van der Waals surface area contributed by atoms with Crippen LogP contribution in [-0.2, 0) is 21.4 Å². The number of sulfonamides is 1. The highest BCUT2D eigenvalue weighted by atomic mass is 32.2. The predicted molar refractivity (Wildman–Crippen MR) is 94.7 cm³/mol. The fourth-order valence-corrected chi connectivity index (χ4v) is 4.27. The van der Waals surface area contributed by atoms with Gasteiger partial charge in [-0.05, 0) is 38.0 Å². The van der Waals surface area contributed by atoms with Crippen LogP contribution in [0.3, 0.4) is 0 Å². The molecule has 0 unspecified atom stereocenters. The number of nitrogens with one attached hydrogen (secondary N) is 1. The molecule has 10 heteroatoms. The molecule has 1 aliphatic rings. The summed E-state index contributed by atoms with van der Waals surface area (Å²) in [4.78, 5) is 14.1. The van der Waals surface area contributed by atoms with Gasteiger partial charge in [0.25, 0.3) is 0 Å². The smallest absolute Gasteiger partial charge is 0.246 e. The fraction of sp³-hybridized carbons (Fsp3) is 0.353. The normalized spacial score (nSPS) is 17.7. The summed E-state index contributed by atoms with van der Waals surface area (Å²) >= 11 is 0. The summed E-state index contributed by atoms with van der Waals surface area (Å²) in [5.74, 6) is -0.563. The molecule has 3 rings (SSSR count). The maximum Gasteiger partial charge on any atom is 0.246 e. The quantitative estimate of drug-likeness (QED) is 0.829. The number of amides is 1. The molecule has 1 aliphatic heterocycles. The van der Waals surface area contributed by atoms with Crippen molar-refractivity contribution in [1.29, 1.82) is 5.26 Å². The van der Waals surface area contributed by atoms with E-state index in [9.17, 15) is 17.6 Å². The minimum absolute atomic E-state index is 0.260. The van der Waals surface area contributed by atoms with E-state index in [1.165, 1.54) is 4.90 Å². The highest BCUT2D eigenvalue weighted by molar-refractivity contribution is 7.89. The SMILES string of the molecule is CCn1nccc1N1CCC[C@@H](NS(=O)(=O)c2ccc(F)c(C#N)c2)C1=O. The second-order valence-corrected chi connectivity index (χ2v) is 7.78. The lowest BCUT2D eigenvalue weighted by Gasteiger charge is -2.32. The number of carbonyl (C=O) groups is 1. The number of benzene rings is 1. The van der Waals surface area contributed by atoms with Crippen LogP contribution in [0.2, 0.25) is 0 Å². The summed E-state index contributed by atoms with van der Waals surface area (Å²) in [6, 6.07) is 5.30. The number of piperidine rings is 1. The molecule has 2 heterocycles. The van der Waals surface area contributed by atoms with Crippen LogP contribution in [-0.4, -0.2) is 36.7 Å². The van der Waals surface area contributed by atoms with E-state index >= 15 is 0 Å². The van der Waals surface area contributed by atoms with E-state index in [0.29, 0.717) is 31.7 Å². The van der Waals surface area contributed by atoms with Crippen LogP contribution in [0.15, 0.2) is 35.4 Å². The molecule has 1 aromatic carbocycles. The number of carbonyl (C=O) groups excluding carboxylic acids is 1. The van der Waals surface area contributed by atoms with E-state index in [1.807, 2.05) is 6.92 Å². The van der Waals surface area contributed by atoms with E-state index in [2.05, 4.69) is 9.82 Å². The first kappa shape index (κ1) is 19.0. The van der Waals surface area contributed by atoms with Gasteiger partial charge in [0, 0.05) is 19.2 Å². The van der Waals surface area contributed by atoms with Gasteiger partial charge in [0.1, 0.15) is 23.7 Å². The number of hydrogen-bond acceptors (Lipinski definition) is 5. The lowest BCUT2D eigenvalue weighted by atomic mass is 10.1. The minimum Gasteiger partial charge on any atom is -0.296 e. The number of nitrogens with zero attached hydrogens (tertiary/aromatic N) is 4. The molecule has 1 fully saturated rings. The van der Waals surface area contributed by atoms with Gasteiger partial charge in [-0.1, -0.05) is 0 Å². The monoisotopic (exact) mass is 391 g/mol. The third-order valence-corrected chi connectivity index (χ3v) is 5.84. The zero-order valence-electron chi connectivity index (χ0n) is 14.6. The Kier molecular flexibility index (Phi) is 5.25. The first-order chi connectivity index (χ1) is 12.9. The zero-order chi connectivity index (χ0) is 19.6. The summed E-state index contributed by atoms with van der Waals surface area (Å²) in [5.41, 5.74) is -0.374. The number of aromatic nitrogens is 2. The fourth-order valence-electron chi connectivity index (χ4n) is 3.02. The minimum atomic E-state index is -4.09. The Hall–Kier alpha value is -2.77. The Morgan fingerprint density at radius 2 is 2.19 bits per heavy atom. The standard InChI is InChI=1S/C17H18FN5O3S/c1-2-23-16(7-8-20-23)22-9-3-4-15(17(22)24)21-27(25,26)13-5-6-14(18)12(10-13)11-19/h5-8,10,15,21H,2-4,9H2,1H3/t15-/m1/s1. The van der Waals surface area contributed by atoms with E-state index in [-0.39, 0.29) is 16.4 Å². The molecule has 1 saturated heterocycles. The van der Waals surface area contributed by atoms with Gasteiger partial charge in [-0.3, -0.25) is 9.69 Å². The van der Waals surface area contributed by atoms with Crippen molar-refractivity contribution in [2.24, 2.45) is 0 Å². The molecule has 0 aliphatic carbocycles. The zero-order valence-corrected chi connectivity index (χ0v) is 15.4. The van der Waals surface area contributed by atoms with Crippen LogP contribution in [0.25, 0.3) is 0 Å². The van der Waals surface area contributed by atoms with Gasteiger partial charge in [0.15, 0.2) is 0 Å². The van der Waals surface area contributed by atoms with Gasteiger partial charge < -0.3 is 0 Å². The number of hydrogen-bond donors (Lipinski definition) is 1. The predicted octanol–water partition coefficient (Wildman–Crippen LogP) is 1.39. The van der Waals surface area contributed by atoms with E-state index < -0.39 is 21.9 Å². The maximum atomic E-state index is 13.5. The lowest BCUT2D eigenvalue weighted by Crippen LogP contribution is -2.52. The van der Waals surface area contributed by atoms with Crippen molar-refractivity contribution in [2.75, 3.05) is 11.4 Å². The van der Waals surface area contributed by atoms with Gasteiger partial charge in [-0.15, -0.1) is 0 Å². The molecule has 1 atom stereocenters. The van der Waals surface area contributed by atoms with Crippen LogP contribution in [0.4, 0.5) is 10.2 Å². The Morgan fingerprint density at radius 3 is 2.89 bits per heavy atom. The molecule has 1 aromatic heterocycles. The lowest BCUT2D eigenvalue weighted by molar-refractivity contribution is -0.121. The van der Waals surface area contributed by atoms with Crippen LogP contribution >= 0.6 is 0 Å². The van der Waals surface area contributed by atoms with Crippen molar-refractivity contribution in [1.82, 2.24) is 14.5 Å². The van der Waals surface area contributed by atoms with Gasteiger partial charge >= 0.3 is 0 Å². The maximum absolute atomic E-state index is 13.5. The Balaban J connectivity index is 1.84. The highest BCUT2D eigenvalue weighted by Crippen LogP contribution is 2.22. The molecule has 0 bridgehead atoms. The number of nitriles is 1. The Labute approximate surface area is 156 Å². The third-order valence-electron chi connectivity index (χ3n) is 4.37. The molecule has 2 aromatic rings. The van der Waals surface area contributed by atoms with E-state index in [0.717, 1.165) is 18.2 Å². The van der Waals surface area contributed by atoms with Crippen LogP contribution in [0.1, 0.15) is 25.3 Å². The second kappa shape index (κ2) is 7.46. The number of anilines is 1. The average Bonchev–Trinajstić information content (AvgIpc) is 3.12. The van der Waals surface area contributed by atoms with Crippen molar-refractivity contribution in [2.45, 2.75) is 37.2 Å². The third kappa shape index (κ3) is 3.70. The highest BCUT2D eigenvalue weighted by Gasteiger charge is 2.34. The van der Waals surface area contributed by atoms with Gasteiger partial charge in [-0.2, -0.15) is 15.1 Å². The topological polar surface area (TPSA) is 108 Å². The summed E-state index contributed by atoms with van der Waals surface area (Å²) in [5, 5.41) is 13.0. The molecule has 0 saturated carbocycles. The molecule has 0 radical (unpaired) electrons. The van der Waals surface area contributed by atoms with Crippen LogP contribution in [0.5, 0.6) is 0 Å². The summed E-state index contributed by atoms with van der Waals surface area (Å²) in [6.45, 7) is 2.94. The van der Waals surface area contributed by atoms with Crippen LogP contribution in [0, 0.1) is 17.1 Å². The molecule has 142 valence electrons. The van der Waals surface area contributed by atoms with Crippen LogP contribution < -0.4 is 9.62 Å². The summed E-state index contributed by atoms with van der Waals surface area (Å²) in [7, 11) is -4.09. The van der Waals surface area contributed by atoms with Crippen molar-refractivity contribution < 1.29 is 17.6 Å².